The predicted molar refractivity (Wildman–Crippen MR) is 165 cm³/mol. The maximum atomic E-state index is 6.04. The summed E-state index contributed by atoms with van der Waals surface area (Å²) in [5, 5.41) is 12.6. The van der Waals surface area contributed by atoms with Crippen LogP contribution < -0.4 is 11.1 Å². The minimum Gasteiger partial charge on any atom is -0.394 e. The first-order valence-corrected chi connectivity index (χ1v) is 14.2. The second kappa shape index (κ2) is 17.0. The average molecular weight is 551 g/mol. The van der Waals surface area contributed by atoms with E-state index in [1.54, 1.807) is 23.7 Å². The van der Waals surface area contributed by atoms with Gasteiger partial charge in [-0.15, -0.1) is 11.3 Å². The minimum absolute atomic E-state index is 0.221. The number of nitrogen functional groups attached to an aromatic ring is 1. The standard InChI is InChI=1S/C23H27N7OS.C4H9N.C2H6/c1-4-29(5-2)13-14-31-28-20(17-7-9-18(10-8-17)30-12-6-11-25-30)21-19-15-16(3)32-22(19)27-23(24)26-21;1-3-5-4-2;1-2/h6-12,15H,4-5,13-14H2,1-3H3,(H2,24,26,27);3,5H,1,4H2,2H3;1-2H3/b28-20+;;. The Morgan fingerprint density at radius 2 is 1.90 bits per heavy atom. The lowest BCUT2D eigenvalue weighted by molar-refractivity contribution is 0.114. The molecule has 0 spiro atoms. The van der Waals surface area contributed by atoms with Gasteiger partial charge in [-0.3, -0.25) is 0 Å². The van der Waals surface area contributed by atoms with Crippen molar-refractivity contribution in [1.82, 2.24) is 30.0 Å². The summed E-state index contributed by atoms with van der Waals surface area (Å²) in [4.78, 5) is 19.0. The Morgan fingerprint density at radius 1 is 1.18 bits per heavy atom. The van der Waals surface area contributed by atoms with E-state index in [9.17, 15) is 0 Å². The third kappa shape index (κ3) is 9.19. The van der Waals surface area contributed by atoms with Crippen molar-refractivity contribution in [3.63, 3.8) is 0 Å². The van der Waals surface area contributed by atoms with Crippen LogP contribution in [0.4, 0.5) is 5.95 Å². The van der Waals surface area contributed by atoms with Crippen LogP contribution in [-0.4, -0.2) is 63.1 Å². The van der Waals surface area contributed by atoms with Crippen molar-refractivity contribution in [2.45, 2.75) is 41.5 Å². The van der Waals surface area contributed by atoms with E-state index in [-0.39, 0.29) is 5.95 Å². The topological polar surface area (TPSA) is 106 Å². The monoisotopic (exact) mass is 550 g/mol. The fourth-order valence-corrected chi connectivity index (χ4v) is 4.52. The van der Waals surface area contributed by atoms with Crippen molar-refractivity contribution in [3.05, 3.63) is 77.7 Å². The van der Waals surface area contributed by atoms with Gasteiger partial charge in [-0.05, 0) is 57.4 Å². The third-order valence-corrected chi connectivity index (χ3v) is 6.51. The second-order valence-corrected chi connectivity index (χ2v) is 9.30. The first kappa shape index (κ1) is 31.5. The minimum atomic E-state index is 0.221. The molecule has 39 heavy (non-hydrogen) atoms. The van der Waals surface area contributed by atoms with Crippen LogP contribution in [0.5, 0.6) is 0 Å². The van der Waals surface area contributed by atoms with E-state index in [1.807, 2.05) is 68.9 Å². The molecule has 0 radical (unpaired) electrons. The second-order valence-electron chi connectivity index (χ2n) is 8.07. The van der Waals surface area contributed by atoms with Crippen molar-refractivity contribution in [3.8, 4) is 5.69 Å². The van der Waals surface area contributed by atoms with Gasteiger partial charge in [0.2, 0.25) is 5.95 Å². The third-order valence-electron chi connectivity index (χ3n) is 5.56. The first-order valence-electron chi connectivity index (χ1n) is 13.4. The van der Waals surface area contributed by atoms with E-state index >= 15 is 0 Å². The van der Waals surface area contributed by atoms with E-state index in [2.05, 4.69) is 56.9 Å². The van der Waals surface area contributed by atoms with Crippen LogP contribution in [0, 0.1) is 6.92 Å². The van der Waals surface area contributed by atoms with Gasteiger partial charge in [-0.25, -0.2) is 14.6 Å². The summed E-state index contributed by atoms with van der Waals surface area (Å²) in [5.41, 5.74) is 9.18. The smallest absolute Gasteiger partial charge is 0.222 e. The molecule has 0 saturated carbocycles. The van der Waals surface area contributed by atoms with E-state index < -0.39 is 0 Å². The maximum absolute atomic E-state index is 6.04. The quantitative estimate of drug-likeness (QED) is 0.141. The Labute approximate surface area is 236 Å². The Morgan fingerprint density at radius 3 is 2.46 bits per heavy atom. The first-order chi connectivity index (χ1) is 19.0. The van der Waals surface area contributed by atoms with E-state index in [4.69, 9.17) is 10.6 Å². The molecule has 0 amide bonds. The number of hydrogen-bond acceptors (Lipinski definition) is 9. The summed E-state index contributed by atoms with van der Waals surface area (Å²) in [7, 11) is 0. The van der Waals surface area contributed by atoms with E-state index in [0.29, 0.717) is 18.0 Å². The molecule has 0 aliphatic heterocycles. The van der Waals surface area contributed by atoms with Gasteiger partial charge in [0.05, 0.1) is 5.69 Å². The van der Waals surface area contributed by atoms with Crippen molar-refractivity contribution in [2.24, 2.45) is 5.16 Å². The molecule has 0 aliphatic rings. The van der Waals surface area contributed by atoms with Gasteiger partial charge in [0.25, 0.3) is 0 Å². The molecule has 0 aliphatic carbocycles. The summed E-state index contributed by atoms with van der Waals surface area (Å²) in [6.07, 6.45) is 5.34. The predicted octanol–water partition coefficient (Wildman–Crippen LogP) is 5.64. The molecule has 4 aromatic rings. The molecular formula is C29H42N8OS. The molecule has 0 unspecified atom stereocenters. The maximum Gasteiger partial charge on any atom is 0.222 e. The lowest BCUT2D eigenvalue weighted by atomic mass is 10.0. The van der Waals surface area contributed by atoms with E-state index in [0.717, 1.165) is 52.5 Å². The molecule has 3 aromatic heterocycles. The zero-order chi connectivity index (χ0) is 28.6. The SMILES string of the molecule is C=CNCC.CC.CCN(CC)CCO/N=C(\c1ccc(-n2cccn2)cc1)c1nc(N)nc2sc(C)cc12. The normalized spacial score (nSPS) is 10.9. The van der Waals surface area contributed by atoms with Crippen LogP contribution in [0.15, 0.2) is 66.7 Å². The number of oxime groups is 1. The fourth-order valence-electron chi connectivity index (χ4n) is 3.63. The molecule has 0 atom stereocenters. The highest BCUT2D eigenvalue weighted by Crippen LogP contribution is 2.28. The molecule has 9 nitrogen and oxygen atoms in total. The lowest BCUT2D eigenvalue weighted by Gasteiger charge is -2.16. The molecule has 10 heteroatoms. The van der Waals surface area contributed by atoms with Gasteiger partial charge in [0.1, 0.15) is 22.8 Å². The molecule has 0 bridgehead atoms. The molecule has 3 N–H and O–H groups in total. The number of nitrogens with one attached hydrogen (secondary N) is 1. The van der Waals surface area contributed by atoms with Crippen molar-refractivity contribution < 1.29 is 4.84 Å². The van der Waals surface area contributed by atoms with Crippen molar-refractivity contribution in [1.29, 1.82) is 0 Å². The lowest BCUT2D eigenvalue weighted by Crippen LogP contribution is -2.26. The van der Waals surface area contributed by atoms with Gasteiger partial charge in [0, 0.05) is 41.3 Å². The van der Waals surface area contributed by atoms with Crippen molar-refractivity contribution >= 4 is 33.2 Å². The number of anilines is 1. The average Bonchev–Trinajstić information content (AvgIpc) is 3.62. The number of fused-ring (bicyclic) bond motifs is 1. The molecule has 210 valence electrons. The summed E-state index contributed by atoms with van der Waals surface area (Å²) in [6, 6.07) is 11.9. The number of hydrogen-bond donors (Lipinski definition) is 2. The van der Waals surface area contributed by atoms with Crippen molar-refractivity contribution in [2.75, 3.05) is 38.5 Å². The summed E-state index contributed by atoms with van der Waals surface area (Å²) >= 11 is 1.59. The van der Waals surface area contributed by atoms with E-state index in [1.165, 1.54) is 0 Å². The molecule has 3 heterocycles. The van der Waals surface area contributed by atoms with Crippen LogP contribution in [0.2, 0.25) is 0 Å². The molecule has 4 rings (SSSR count). The van der Waals surface area contributed by atoms with Crippen LogP contribution in [0.25, 0.3) is 15.9 Å². The summed E-state index contributed by atoms with van der Waals surface area (Å²) in [6.45, 7) is 20.0. The molecular weight excluding hydrogens is 508 g/mol. The molecule has 0 fully saturated rings. The largest absolute Gasteiger partial charge is 0.394 e. The van der Waals surface area contributed by atoms with Gasteiger partial charge < -0.3 is 20.8 Å². The zero-order valence-corrected chi connectivity index (χ0v) is 24.8. The Balaban J connectivity index is 0.000000686. The highest BCUT2D eigenvalue weighted by molar-refractivity contribution is 7.18. The highest BCUT2D eigenvalue weighted by atomic mass is 32.1. The zero-order valence-electron chi connectivity index (χ0n) is 24.0. The number of benzene rings is 1. The number of thiophene rings is 1. The number of aromatic nitrogens is 4. The highest BCUT2D eigenvalue weighted by Gasteiger charge is 2.18. The van der Waals surface area contributed by atoms with Crippen LogP contribution in [0.1, 0.15) is 50.8 Å². The Hall–Kier alpha value is -3.76. The van der Waals surface area contributed by atoms with Gasteiger partial charge >= 0.3 is 0 Å². The van der Waals surface area contributed by atoms with Crippen LogP contribution in [0.3, 0.4) is 0 Å². The van der Waals surface area contributed by atoms with Gasteiger partial charge in [-0.2, -0.15) is 5.10 Å². The number of aryl methyl sites for hydroxylation is 1. The van der Waals surface area contributed by atoms with Crippen LogP contribution >= 0.6 is 11.3 Å². The van der Waals surface area contributed by atoms with Gasteiger partial charge in [0.15, 0.2) is 0 Å². The number of nitrogens with zero attached hydrogens (tertiary/aromatic N) is 6. The fraction of sp³-hybridized carbons (Fsp3) is 0.379. The molecule has 0 saturated heterocycles. The van der Waals surface area contributed by atoms with Crippen LogP contribution in [-0.2, 0) is 4.84 Å². The number of likely N-dealkylation sites (N-methyl/N-ethyl adjacent to an activating group) is 1. The summed E-state index contributed by atoms with van der Waals surface area (Å²) < 4.78 is 1.81. The number of rotatable bonds is 11. The molecule has 1 aromatic carbocycles. The summed E-state index contributed by atoms with van der Waals surface area (Å²) in [5.74, 6) is 0.221. The van der Waals surface area contributed by atoms with Gasteiger partial charge in [-0.1, -0.05) is 51.6 Å². The number of nitrogens with two attached hydrogens (primary N) is 1. The Kier molecular flexibility index (Phi) is 13.7. The Bertz CT molecular complexity index is 1280.